The summed E-state index contributed by atoms with van der Waals surface area (Å²) in [6.07, 6.45) is 0.0498. The molecule has 1 aliphatic rings. The Morgan fingerprint density at radius 3 is 3.11 bits per heavy atom. The normalized spacial score (nSPS) is 19.5. The third-order valence-electron chi connectivity index (χ3n) is 3.02. The van der Waals surface area contributed by atoms with Crippen LogP contribution in [0.3, 0.4) is 0 Å². The van der Waals surface area contributed by atoms with Crippen LogP contribution in [0.25, 0.3) is 0 Å². The Morgan fingerprint density at radius 2 is 2.42 bits per heavy atom. The van der Waals surface area contributed by atoms with E-state index < -0.39 is 0 Å². The van der Waals surface area contributed by atoms with Crippen LogP contribution in [-0.4, -0.2) is 50.2 Å². The lowest BCUT2D eigenvalue weighted by molar-refractivity contribution is -0.0196. The van der Waals surface area contributed by atoms with Crippen molar-refractivity contribution in [2.45, 2.75) is 6.10 Å². The van der Waals surface area contributed by atoms with Crippen molar-refractivity contribution in [3.05, 3.63) is 33.3 Å². The van der Waals surface area contributed by atoms with Gasteiger partial charge in [0.05, 0.1) is 18.3 Å². The number of hydrogen-bond donors (Lipinski definition) is 1. The van der Waals surface area contributed by atoms with E-state index in [2.05, 4.69) is 21.2 Å². The van der Waals surface area contributed by atoms with Crippen LogP contribution in [0.2, 0.25) is 5.02 Å². The van der Waals surface area contributed by atoms with Crippen molar-refractivity contribution >= 4 is 33.4 Å². The number of hydrogen-bond acceptors (Lipinski definition) is 3. The van der Waals surface area contributed by atoms with Crippen LogP contribution in [-0.2, 0) is 4.74 Å². The molecular weight excluding hydrogens is 332 g/mol. The summed E-state index contributed by atoms with van der Waals surface area (Å²) < 4.78 is 6.32. The van der Waals surface area contributed by atoms with Gasteiger partial charge in [-0.3, -0.25) is 4.79 Å². The summed E-state index contributed by atoms with van der Waals surface area (Å²) in [5.74, 6) is 0.00736. The highest BCUT2D eigenvalue weighted by Crippen LogP contribution is 2.23. The Hall–Kier alpha value is -0.620. The Morgan fingerprint density at radius 1 is 1.63 bits per heavy atom. The molecule has 1 unspecified atom stereocenters. The molecule has 19 heavy (non-hydrogen) atoms. The van der Waals surface area contributed by atoms with E-state index in [0.717, 1.165) is 11.0 Å². The summed E-state index contributed by atoms with van der Waals surface area (Å²) in [4.78, 5) is 14.3. The first-order valence-corrected chi connectivity index (χ1v) is 7.29. The third-order valence-corrected chi connectivity index (χ3v) is 3.91. The lowest BCUT2D eigenvalue weighted by Crippen LogP contribution is -2.48. The minimum Gasteiger partial charge on any atom is -0.373 e. The fourth-order valence-electron chi connectivity index (χ4n) is 2.09. The summed E-state index contributed by atoms with van der Waals surface area (Å²) in [6.45, 7) is 2.54. The van der Waals surface area contributed by atoms with Gasteiger partial charge in [-0.25, -0.2) is 0 Å². The fourth-order valence-corrected chi connectivity index (χ4v) is 2.94. The summed E-state index contributed by atoms with van der Waals surface area (Å²) >= 11 is 9.27. The van der Waals surface area contributed by atoms with Crippen molar-refractivity contribution in [1.29, 1.82) is 0 Å². The van der Waals surface area contributed by atoms with Gasteiger partial charge in [-0.05, 0) is 41.2 Å². The predicted octanol–water partition coefficient (Wildman–Crippen LogP) is 2.16. The van der Waals surface area contributed by atoms with E-state index in [9.17, 15) is 4.79 Å². The fraction of sp³-hybridized carbons (Fsp3) is 0.462. The third kappa shape index (κ3) is 3.69. The molecule has 0 radical (unpaired) electrons. The molecule has 0 bridgehead atoms. The average molecular weight is 348 g/mol. The minimum absolute atomic E-state index is 0.00736. The topological polar surface area (TPSA) is 41.6 Å². The average Bonchev–Trinajstić information content (AvgIpc) is 2.39. The largest absolute Gasteiger partial charge is 0.373 e. The number of likely N-dealkylation sites (N-methyl/N-ethyl adjacent to an activating group) is 1. The monoisotopic (exact) mass is 346 g/mol. The maximum Gasteiger partial charge on any atom is 0.255 e. The van der Waals surface area contributed by atoms with E-state index in [4.69, 9.17) is 16.3 Å². The van der Waals surface area contributed by atoms with E-state index in [1.807, 2.05) is 11.9 Å². The van der Waals surface area contributed by atoms with Crippen molar-refractivity contribution < 1.29 is 9.53 Å². The van der Waals surface area contributed by atoms with Gasteiger partial charge in [0, 0.05) is 29.1 Å². The summed E-state index contributed by atoms with van der Waals surface area (Å²) in [6, 6.07) is 5.21. The molecule has 0 spiro atoms. The molecule has 0 aliphatic carbocycles. The van der Waals surface area contributed by atoms with Gasteiger partial charge in [0.25, 0.3) is 5.91 Å². The Bertz CT molecular complexity index is 468. The van der Waals surface area contributed by atoms with Crippen molar-refractivity contribution in [2.24, 2.45) is 0 Å². The first kappa shape index (κ1) is 14.8. The van der Waals surface area contributed by atoms with Gasteiger partial charge in [-0.2, -0.15) is 0 Å². The highest BCUT2D eigenvalue weighted by atomic mass is 79.9. The van der Waals surface area contributed by atoms with Gasteiger partial charge in [-0.15, -0.1) is 0 Å². The molecule has 1 saturated heterocycles. The molecule has 1 N–H and O–H groups in total. The highest BCUT2D eigenvalue weighted by Gasteiger charge is 2.25. The number of carbonyl (C=O) groups excluding carboxylic acids is 1. The molecule has 0 aromatic heterocycles. The van der Waals surface area contributed by atoms with E-state index >= 15 is 0 Å². The van der Waals surface area contributed by atoms with Crippen molar-refractivity contribution in [3.63, 3.8) is 0 Å². The number of halogens is 2. The smallest absolute Gasteiger partial charge is 0.255 e. The Labute approximate surface area is 126 Å². The molecule has 2 rings (SSSR count). The van der Waals surface area contributed by atoms with E-state index in [-0.39, 0.29) is 12.0 Å². The SMILES string of the molecule is CNCC1CN(C(=O)c2ccc(Cl)cc2Br)CCO1. The molecule has 1 aromatic carbocycles. The number of benzene rings is 1. The molecule has 1 fully saturated rings. The summed E-state index contributed by atoms with van der Waals surface area (Å²) in [7, 11) is 1.87. The molecule has 0 saturated carbocycles. The minimum atomic E-state index is 0.00736. The maximum atomic E-state index is 12.5. The predicted molar refractivity (Wildman–Crippen MR) is 78.7 cm³/mol. The first-order valence-electron chi connectivity index (χ1n) is 6.12. The van der Waals surface area contributed by atoms with Crippen molar-refractivity contribution in [2.75, 3.05) is 33.3 Å². The van der Waals surface area contributed by atoms with Crippen LogP contribution in [0.5, 0.6) is 0 Å². The molecule has 104 valence electrons. The number of ether oxygens (including phenoxy) is 1. The van der Waals surface area contributed by atoms with Crippen molar-refractivity contribution in [1.82, 2.24) is 10.2 Å². The number of morpholine rings is 1. The van der Waals surface area contributed by atoms with Gasteiger partial charge in [0.2, 0.25) is 0 Å². The quantitative estimate of drug-likeness (QED) is 0.911. The molecular formula is C13H16BrClN2O2. The molecule has 1 aliphatic heterocycles. The zero-order valence-electron chi connectivity index (χ0n) is 10.7. The number of amides is 1. The Kier molecular flexibility index (Phi) is 5.21. The van der Waals surface area contributed by atoms with Gasteiger partial charge in [-0.1, -0.05) is 11.6 Å². The molecule has 1 amide bonds. The van der Waals surface area contributed by atoms with Crippen LogP contribution in [0.1, 0.15) is 10.4 Å². The second kappa shape index (κ2) is 6.70. The lowest BCUT2D eigenvalue weighted by atomic mass is 10.1. The lowest BCUT2D eigenvalue weighted by Gasteiger charge is -2.33. The zero-order chi connectivity index (χ0) is 13.8. The zero-order valence-corrected chi connectivity index (χ0v) is 13.0. The molecule has 4 nitrogen and oxygen atoms in total. The molecule has 6 heteroatoms. The van der Waals surface area contributed by atoms with Crippen LogP contribution in [0.4, 0.5) is 0 Å². The van der Waals surface area contributed by atoms with E-state index in [1.165, 1.54) is 0 Å². The van der Waals surface area contributed by atoms with Gasteiger partial charge >= 0.3 is 0 Å². The maximum absolute atomic E-state index is 12.5. The van der Waals surface area contributed by atoms with Crippen LogP contribution in [0, 0.1) is 0 Å². The number of nitrogens with one attached hydrogen (secondary N) is 1. The number of carbonyl (C=O) groups is 1. The Balaban J connectivity index is 2.10. The molecule has 1 aromatic rings. The first-order chi connectivity index (χ1) is 9.11. The van der Waals surface area contributed by atoms with Crippen LogP contribution >= 0.6 is 27.5 Å². The molecule has 1 atom stereocenters. The van der Waals surface area contributed by atoms with Gasteiger partial charge < -0.3 is 15.0 Å². The van der Waals surface area contributed by atoms with Crippen LogP contribution in [0.15, 0.2) is 22.7 Å². The van der Waals surface area contributed by atoms with E-state index in [1.54, 1.807) is 18.2 Å². The summed E-state index contributed by atoms with van der Waals surface area (Å²) in [5.41, 5.74) is 0.634. The number of nitrogens with zero attached hydrogens (tertiary/aromatic N) is 1. The van der Waals surface area contributed by atoms with Gasteiger partial charge in [0.15, 0.2) is 0 Å². The van der Waals surface area contributed by atoms with E-state index in [0.29, 0.717) is 30.3 Å². The number of rotatable bonds is 3. The van der Waals surface area contributed by atoms with Gasteiger partial charge in [0.1, 0.15) is 0 Å². The molecule has 1 heterocycles. The van der Waals surface area contributed by atoms with Crippen LogP contribution < -0.4 is 5.32 Å². The van der Waals surface area contributed by atoms with Crippen molar-refractivity contribution in [3.8, 4) is 0 Å². The second-order valence-corrected chi connectivity index (χ2v) is 5.72. The standard InChI is InChI=1S/C13H16BrClN2O2/c1-16-7-10-8-17(4-5-19-10)13(18)11-3-2-9(15)6-12(11)14/h2-3,6,10,16H,4-5,7-8H2,1H3. The highest BCUT2D eigenvalue weighted by molar-refractivity contribution is 9.10. The summed E-state index contributed by atoms with van der Waals surface area (Å²) in [5, 5.41) is 3.68. The second-order valence-electron chi connectivity index (χ2n) is 4.43.